The maximum absolute atomic E-state index is 13.2. The fourth-order valence-electron chi connectivity index (χ4n) is 8.69. The van der Waals surface area contributed by atoms with Gasteiger partial charge in [0.05, 0.1) is 40.9 Å². The fourth-order valence-corrected chi connectivity index (χ4v) is 8.82. The Kier molecular flexibility index (Phi) is 11.9. The highest BCUT2D eigenvalue weighted by Crippen LogP contribution is 2.35. The third-order valence-electron chi connectivity index (χ3n) is 11.8. The van der Waals surface area contributed by atoms with Gasteiger partial charge in [-0.25, -0.2) is 9.97 Å². The van der Waals surface area contributed by atoms with Crippen molar-refractivity contribution in [3.63, 3.8) is 0 Å². The average molecular weight is 839 g/mol. The molecule has 8 rings (SSSR count). The maximum Gasteiger partial charge on any atom is 0.294 e. The van der Waals surface area contributed by atoms with E-state index in [1.165, 1.54) is 7.05 Å². The molecule has 17 nitrogen and oxygen atoms in total. The van der Waals surface area contributed by atoms with Crippen molar-refractivity contribution in [2.45, 2.75) is 57.9 Å². The molecule has 1 aromatic carbocycles. The number of carbonyl (C=O) groups excluding carboxylic acids is 3. The number of likely N-dealkylation sites (N-methyl/N-ethyl adjacent to an activating group) is 1. The van der Waals surface area contributed by atoms with Crippen LogP contribution in [0.5, 0.6) is 5.75 Å². The Balaban J connectivity index is 0.890. The van der Waals surface area contributed by atoms with Gasteiger partial charge in [-0.2, -0.15) is 10.1 Å². The highest BCUT2D eigenvalue weighted by atomic mass is 35.5. The summed E-state index contributed by atoms with van der Waals surface area (Å²) in [4.78, 5) is 70.9. The van der Waals surface area contributed by atoms with Crippen LogP contribution in [0, 0.1) is 5.92 Å². The highest BCUT2D eigenvalue weighted by molar-refractivity contribution is 6.33. The van der Waals surface area contributed by atoms with Crippen molar-refractivity contribution in [3.8, 4) is 5.75 Å². The van der Waals surface area contributed by atoms with E-state index in [1.807, 2.05) is 43.8 Å². The first-order chi connectivity index (χ1) is 29.0. The van der Waals surface area contributed by atoms with Crippen molar-refractivity contribution in [2.24, 2.45) is 13.0 Å². The lowest BCUT2D eigenvalue weighted by atomic mass is 9.92. The minimum atomic E-state index is -0.432. The number of hydrogen-bond acceptors (Lipinski definition) is 13. The molecule has 0 spiro atoms. The average Bonchev–Trinajstić information content (AvgIpc) is 3.40. The molecule has 1 unspecified atom stereocenters. The van der Waals surface area contributed by atoms with Crippen molar-refractivity contribution < 1.29 is 19.1 Å². The first-order valence-corrected chi connectivity index (χ1v) is 21.0. The number of anilines is 4. The minimum Gasteiger partial charge on any atom is -0.478 e. The molecular formula is C42H51ClN12O5. The third-order valence-corrected chi connectivity index (χ3v) is 12.0. The molecule has 0 radical (unpaired) electrons. The molecular weight excluding hydrogens is 788 g/mol. The zero-order chi connectivity index (χ0) is 42.1. The Morgan fingerprint density at radius 2 is 1.82 bits per heavy atom. The fraction of sp³-hybridized carbons (Fsp3) is 0.476. The number of benzene rings is 1. The first kappa shape index (κ1) is 40.9. The Morgan fingerprint density at radius 1 is 1.00 bits per heavy atom. The number of aryl methyl sites for hydroxylation is 1. The van der Waals surface area contributed by atoms with Crippen LogP contribution in [0.2, 0.25) is 5.02 Å². The molecule has 5 aromatic rings. The number of pyridine rings is 2. The van der Waals surface area contributed by atoms with E-state index >= 15 is 0 Å². The van der Waals surface area contributed by atoms with Crippen LogP contribution in [-0.2, 0) is 21.4 Å². The van der Waals surface area contributed by atoms with Crippen molar-refractivity contribution in [2.75, 3.05) is 74.6 Å². The molecule has 18 heteroatoms. The van der Waals surface area contributed by atoms with Gasteiger partial charge in [-0.3, -0.25) is 33.7 Å². The van der Waals surface area contributed by atoms with Gasteiger partial charge in [0.1, 0.15) is 10.7 Å². The molecule has 316 valence electrons. The normalized spacial score (nSPS) is 18.3. The summed E-state index contributed by atoms with van der Waals surface area (Å²) in [7, 11) is 3.44. The van der Waals surface area contributed by atoms with Crippen LogP contribution in [0.25, 0.3) is 21.9 Å². The van der Waals surface area contributed by atoms with E-state index in [-0.39, 0.29) is 41.7 Å². The zero-order valence-electron chi connectivity index (χ0n) is 34.4. The number of para-hydroxylation sites is 1. The second-order valence-electron chi connectivity index (χ2n) is 16.1. The number of ether oxygens (including phenoxy) is 1. The monoisotopic (exact) mass is 838 g/mol. The van der Waals surface area contributed by atoms with E-state index in [4.69, 9.17) is 26.4 Å². The molecule has 4 aromatic heterocycles. The molecule has 3 amide bonds. The van der Waals surface area contributed by atoms with E-state index in [9.17, 15) is 19.2 Å². The Labute approximate surface area is 352 Å². The van der Waals surface area contributed by atoms with Crippen LogP contribution in [0.1, 0.15) is 63.6 Å². The smallest absolute Gasteiger partial charge is 0.294 e. The number of nitrogens with zero attached hydrogens (tertiary/aromatic N) is 9. The lowest BCUT2D eigenvalue weighted by Crippen LogP contribution is -2.40. The Bertz CT molecular complexity index is 2500. The molecule has 7 heterocycles. The second-order valence-corrected chi connectivity index (χ2v) is 16.5. The number of amides is 3. The quantitative estimate of drug-likeness (QED) is 0.162. The Morgan fingerprint density at radius 3 is 2.58 bits per heavy atom. The van der Waals surface area contributed by atoms with Crippen LogP contribution in [0.4, 0.5) is 23.1 Å². The summed E-state index contributed by atoms with van der Waals surface area (Å²) < 4.78 is 9.04. The molecule has 3 aliphatic rings. The number of piperidine rings is 2. The summed E-state index contributed by atoms with van der Waals surface area (Å²) in [6.45, 7) is 9.98. The first-order valence-electron chi connectivity index (χ1n) is 20.7. The van der Waals surface area contributed by atoms with Gasteiger partial charge in [-0.05, 0) is 70.2 Å². The van der Waals surface area contributed by atoms with E-state index in [1.54, 1.807) is 23.0 Å². The number of fused-ring (bicyclic) bond motifs is 2. The number of hydrogen-bond donors (Lipinski definition) is 3. The van der Waals surface area contributed by atoms with Gasteiger partial charge in [0.15, 0.2) is 18.2 Å². The Hall–Kier alpha value is -5.81. The van der Waals surface area contributed by atoms with Gasteiger partial charge in [-0.1, -0.05) is 23.7 Å². The maximum atomic E-state index is 13.2. The molecule has 1 atom stereocenters. The van der Waals surface area contributed by atoms with Gasteiger partial charge < -0.3 is 30.1 Å². The van der Waals surface area contributed by atoms with E-state index in [0.29, 0.717) is 52.3 Å². The summed E-state index contributed by atoms with van der Waals surface area (Å²) >= 11 is 6.61. The largest absolute Gasteiger partial charge is 0.478 e. The predicted octanol–water partition coefficient (Wildman–Crippen LogP) is 4.12. The number of nitrogens with one attached hydrogen (secondary N) is 3. The van der Waals surface area contributed by atoms with Crippen molar-refractivity contribution in [3.05, 3.63) is 63.8 Å². The van der Waals surface area contributed by atoms with E-state index in [0.717, 1.165) is 87.4 Å². The number of rotatable bonds is 11. The lowest BCUT2D eigenvalue weighted by Gasteiger charge is -2.34. The van der Waals surface area contributed by atoms with Crippen LogP contribution in [-0.4, -0.2) is 111 Å². The minimum absolute atomic E-state index is 0.0596. The molecule has 60 heavy (non-hydrogen) atoms. The van der Waals surface area contributed by atoms with Crippen LogP contribution >= 0.6 is 11.6 Å². The summed E-state index contributed by atoms with van der Waals surface area (Å²) in [5.41, 5.74) is 3.63. The number of halogens is 1. The van der Waals surface area contributed by atoms with E-state index in [2.05, 4.69) is 46.7 Å². The lowest BCUT2D eigenvalue weighted by molar-refractivity contribution is -0.134. The SMILES string of the molecule is CNC(=O)COc1cc2cc(Nc3nc(N4CCC(CN5CCCN(c6cccc7c(C8CCC(=O)NC8=O)nn(C)c67)CC5)CC4)ncc3Cl)cnc2n(C(C)C)c1=O. The summed E-state index contributed by atoms with van der Waals surface area (Å²) in [5, 5.41) is 15.1. The van der Waals surface area contributed by atoms with Gasteiger partial charge >= 0.3 is 0 Å². The molecule has 3 fully saturated rings. The standard InChI is InChI=1S/C42H51ClN12O5/c1-25(2)55-39-27(20-33(41(55)59)60-24-35(57)44-3)19-28(21-45-39)47-38-31(43)22-46-42(49-38)54-15-11-26(12-16-54)23-52-13-6-14-53(18-17-52)32-8-5-7-29-36(50-51(4)37(29)32)30-9-10-34(56)48-40(30)58/h5,7-8,19-22,25-26,30H,6,9-18,23-24H2,1-4H3,(H,44,57)(H,46,47,49)(H,48,56,58). The summed E-state index contributed by atoms with van der Waals surface area (Å²) in [5.74, 6) is 0.387. The van der Waals surface area contributed by atoms with Gasteiger partial charge in [-0.15, -0.1) is 0 Å². The van der Waals surface area contributed by atoms with Crippen molar-refractivity contribution in [1.29, 1.82) is 0 Å². The topological polar surface area (TPSA) is 185 Å². The second kappa shape index (κ2) is 17.4. The van der Waals surface area contributed by atoms with Crippen LogP contribution < -0.4 is 36.0 Å². The molecule has 3 N–H and O–H groups in total. The van der Waals surface area contributed by atoms with Gasteiger partial charge in [0.2, 0.25) is 17.8 Å². The summed E-state index contributed by atoms with van der Waals surface area (Å²) in [6.07, 6.45) is 7.11. The summed E-state index contributed by atoms with van der Waals surface area (Å²) in [6, 6.07) is 9.48. The number of carbonyl (C=O) groups is 3. The van der Waals surface area contributed by atoms with E-state index < -0.39 is 5.92 Å². The van der Waals surface area contributed by atoms with Gasteiger partial charge in [0, 0.05) is 76.6 Å². The van der Waals surface area contributed by atoms with Crippen LogP contribution in [0.15, 0.2) is 47.5 Å². The van der Waals surface area contributed by atoms with Crippen LogP contribution in [0.3, 0.4) is 0 Å². The zero-order valence-corrected chi connectivity index (χ0v) is 35.2. The third kappa shape index (κ3) is 8.45. The molecule has 0 aliphatic carbocycles. The number of aromatic nitrogens is 6. The molecule has 0 saturated carbocycles. The molecule has 3 saturated heterocycles. The predicted molar refractivity (Wildman–Crippen MR) is 230 cm³/mol. The molecule has 3 aliphatic heterocycles. The van der Waals surface area contributed by atoms with Crippen molar-refractivity contribution in [1.82, 2.24) is 44.8 Å². The molecule has 0 bridgehead atoms. The highest BCUT2D eigenvalue weighted by Gasteiger charge is 2.33. The van der Waals surface area contributed by atoms with Gasteiger partial charge in [0.25, 0.3) is 11.5 Å². The number of imide groups is 1. The van der Waals surface area contributed by atoms with Crippen molar-refractivity contribution >= 4 is 74.4 Å².